The van der Waals surface area contributed by atoms with Crippen molar-refractivity contribution in [2.45, 2.75) is 12.5 Å². The van der Waals surface area contributed by atoms with E-state index in [1.54, 1.807) is 6.07 Å². The van der Waals surface area contributed by atoms with Crippen molar-refractivity contribution in [1.29, 1.82) is 0 Å². The molecule has 1 fully saturated rings. The van der Waals surface area contributed by atoms with Crippen LogP contribution in [0.1, 0.15) is 18.1 Å². The van der Waals surface area contributed by atoms with E-state index in [0.717, 1.165) is 25.2 Å². The van der Waals surface area contributed by atoms with Crippen molar-refractivity contribution in [3.63, 3.8) is 0 Å². The molecule has 2 unspecified atom stereocenters. The minimum absolute atomic E-state index is 0.105. The molecule has 18 heavy (non-hydrogen) atoms. The van der Waals surface area contributed by atoms with Gasteiger partial charge in [0.25, 0.3) is 0 Å². The highest BCUT2D eigenvalue weighted by Gasteiger charge is 2.19. The highest BCUT2D eigenvalue weighted by atomic mass is 19.1. The summed E-state index contributed by atoms with van der Waals surface area (Å²) >= 11 is 0. The van der Waals surface area contributed by atoms with E-state index >= 15 is 0 Å². The lowest BCUT2D eigenvalue weighted by Crippen LogP contribution is -2.22. The maximum atomic E-state index is 13.2. The van der Waals surface area contributed by atoms with Crippen LogP contribution in [0.5, 0.6) is 0 Å². The van der Waals surface area contributed by atoms with E-state index in [9.17, 15) is 4.39 Å². The van der Waals surface area contributed by atoms with E-state index in [1.165, 1.54) is 12.1 Å². The molecule has 1 aromatic carbocycles. The minimum Gasteiger partial charge on any atom is -0.381 e. The van der Waals surface area contributed by atoms with Crippen LogP contribution in [0, 0.1) is 11.7 Å². The van der Waals surface area contributed by atoms with Crippen LogP contribution in [-0.2, 0) is 9.47 Å². The SMILES string of the molecule is CNCC(OCC1CCOC1)c1cccc(F)c1. The Morgan fingerprint density at radius 1 is 1.56 bits per heavy atom. The monoisotopic (exact) mass is 253 g/mol. The third-order valence-corrected chi connectivity index (χ3v) is 3.17. The third-order valence-electron chi connectivity index (χ3n) is 3.17. The molecule has 0 bridgehead atoms. The van der Waals surface area contributed by atoms with Crippen LogP contribution in [0.2, 0.25) is 0 Å². The molecule has 1 saturated heterocycles. The second-order valence-corrected chi connectivity index (χ2v) is 4.66. The Hall–Kier alpha value is -0.970. The van der Waals surface area contributed by atoms with Crippen LogP contribution in [-0.4, -0.2) is 33.4 Å². The van der Waals surface area contributed by atoms with Crippen molar-refractivity contribution >= 4 is 0 Å². The molecule has 4 heteroatoms. The smallest absolute Gasteiger partial charge is 0.123 e. The van der Waals surface area contributed by atoms with Gasteiger partial charge < -0.3 is 14.8 Å². The van der Waals surface area contributed by atoms with Crippen molar-refractivity contribution in [3.05, 3.63) is 35.6 Å². The number of hydrogen-bond donors (Lipinski definition) is 1. The van der Waals surface area contributed by atoms with E-state index in [0.29, 0.717) is 19.1 Å². The number of nitrogens with one attached hydrogen (secondary N) is 1. The first-order valence-electron chi connectivity index (χ1n) is 6.39. The largest absolute Gasteiger partial charge is 0.381 e. The predicted molar refractivity (Wildman–Crippen MR) is 67.9 cm³/mol. The van der Waals surface area contributed by atoms with E-state index in [2.05, 4.69) is 5.32 Å². The molecule has 1 heterocycles. The third kappa shape index (κ3) is 3.77. The average molecular weight is 253 g/mol. The van der Waals surface area contributed by atoms with Gasteiger partial charge in [-0.3, -0.25) is 0 Å². The van der Waals surface area contributed by atoms with E-state index in [-0.39, 0.29) is 11.9 Å². The van der Waals surface area contributed by atoms with Gasteiger partial charge in [-0.15, -0.1) is 0 Å². The average Bonchev–Trinajstić information content (AvgIpc) is 2.87. The molecule has 0 saturated carbocycles. The summed E-state index contributed by atoms with van der Waals surface area (Å²) in [6, 6.07) is 6.60. The van der Waals surface area contributed by atoms with Gasteiger partial charge in [-0.25, -0.2) is 4.39 Å². The quantitative estimate of drug-likeness (QED) is 0.842. The van der Waals surface area contributed by atoms with Gasteiger partial charge in [0.15, 0.2) is 0 Å². The summed E-state index contributed by atoms with van der Waals surface area (Å²) in [4.78, 5) is 0. The Bertz CT molecular complexity index is 367. The van der Waals surface area contributed by atoms with Gasteiger partial charge in [0.05, 0.1) is 19.3 Å². The van der Waals surface area contributed by atoms with Gasteiger partial charge in [0, 0.05) is 19.1 Å². The molecule has 2 rings (SSSR count). The van der Waals surface area contributed by atoms with Crippen molar-refractivity contribution < 1.29 is 13.9 Å². The summed E-state index contributed by atoms with van der Waals surface area (Å²) in [5, 5.41) is 3.08. The fourth-order valence-corrected chi connectivity index (χ4v) is 2.13. The molecule has 1 aliphatic rings. The van der Waals surface area contributed by atoms with Crippen molar-refractivity contribution in [2.75, 3.05) is 33.4 Å². The Morgan fingerprint density at radius 3 is 3.11 bits per heavy atom. The first-order chi connectivity index (χ1) is 8.79. The van der Waals surface area contributed by atoms with E-state index in [1.807, 2.05) is 13.1 Å². The molecular weight excluding hydrogens is 233 g/mol. The van der Waals surface area contributed by atoms with Crippen LogP contribution in [0.25, 0.3) is 0 Å². The first-order valence-corrected chi connectivity index (χ1v) is 6.39. The lowest BCUT2D eigenvalue weighted by atomic mass is 10.1. The number of halogens is 1. The summed E-state index contributed by atoms with van der Waals surface area (Å²) in [6.07, 6.45) is 0.946. The number of benzene rings is 1. The topological polar surface area (TPSA) is 30.5 Å². The van der Waals surface area contributed by atoms with E-state index in [4.69, 9.17) is 9.47 Å². The van der Waals surface area contributed by atoms with Crippen LogP contribution < -0.4 is 5.32 Å². The van der Waals surface area contributed by atoms with Gasteiger partial charge in [0.2, 0.25) is 0 Å². The second kappa shape index (κ2) is 6.83. The second-order valence-electron chi connectivity index (χ2n) is 4.66. The zero-order valence-corrected chi connectivity index (χ0v) is 10.7. The molecule has 1 N–H and O–H groups in total. The van der Waals surface area contributed by atoms with Crippen LogP contribution in [0.4, 0.5) is 4.39 Å². The summed E-state index contributed by atoms with van der Waals surface area (Å²) in [6.45, 7) is 2.94. The Morgan fingerprint density at radius 2 is 2.44 bits per heavy atom. The molecule has 0 aromatic heterocycles. The highest BCUT2D eigenvalue weighted by Crippen LogP contribution is 2.21. The van der Waals surface area contributed by atoms with Gasteiger partial charge in [-0.1, -0.05) is 12.1 Å². The van der Waals surface area contributed by atoms with Crippen LogP contribution in [0.15, 0.2) is 24.3 Å². The first kappa shape index (κ1) is 13.5. The van der Waals surface area contributed by atoms with Crippen LogP contribution >= 0.6 is 0 Å². The number of ether oxygens (including phenoxy) is 2. The standard InChI is InChI=1S/C14H20FNO2/c1-16-8-14(12-3-2-4-13(15)7-12)18-10-11-5-6-17-9-11/h2-4,7,11,14,16H,5-6,8-10H2,1H3. The zero-order valence-electron chi connectivity index (χ0n) is 10.7. The Kier molecular flexibility index (Phi) is 5.11. The maximum absolute atomic E-state index is 13.2. The lowest BCUT2D eigenvalue weighted by molar-refractivity contribution is 0.0262. The van der Waals surface area contributed by atoms with Gasteiger partial charge in [-0.2, -0.15) is 0 Å². The molecule has 0 radical (unpaired) electrons. The van der Waals surface area contributed by atoms with Gasteiger partial charge >= 0.3 is 0 Å². The molecule has 0 spiro atoms. The summed E-state index contributed by atoms with van der Waals surface area (Å²) < 4.78 is 24.4. The molecule has 100 valence electrons. The zero-order chi connectivity index (χ0) is 12.8. The van der Waals surface area contributed by atoms with Crippen molar-refractivity contribution in [1.82, 2.24) is 5.32 Å². The number of hydrogen-bond acceptors (Lipinski definition) is 3. The van der Waals surface area contributed by atoms with Crippen LogP contribution in [0.3, 0.4) is 0 Å². The molecule has 1 aliphatic heterocycles. The highest BCUT2D eigenvalue weighted by molar-refractivity contribution is 5.19. The Balaban J connectivity index is 1.94. The summed E-state index contributed by atoms with van der Waals surface area (Å²) in [5.74, 6) is 0.249. The number of likely N-dealkylation sites (N-methyl/N-ethyl adjacent to an activating group) is 1. The van der Waals surface area contributed by atoms with Gasteiger partial charge in [0.1, 0.15) is 5.82 Å². The van der Waals surface area contributed by atoms with E-state index < -0.39 is 0 Å². The van der Waals surface area contributed by atoms with Gasteiger partial charge in [-0.05, 0) is 31.2 Å². The molecule has 2 atom stereocenters. The summed E-state index contributed by atoms with van der Waals surface area (Å²) in [5.41, 5.74) is 0.878. The summed E-state index contributed by atoms with van der Waals surface area (Å²) in [7, 11) is 1.87. The fourth-order valence-electron chi connectivity index (χ4n) is 2.13. The predicted octanol–water partition coefficient (Wildman–Crippen LogP) is 2.14. The minimum atomic E-state index is -0.221. The normalized spacial score (nSPS) is 21.1. The molecule has 0 aliphatic carbocycles. The Labute approximate surface area is 107 Å². The molecule has 0 amide bonds. The molecule has 3 nitrogen and oxygen atoms in total. The van der Waals surface area contributed by atoms with Crippen molar-refractivity contribution in [3.8, 4) is 0 Å². The lowest BCUT2D eigenvalue weighted by Gasteiger charge is -2.20. The maximum Gasteiger partial charge on any atom is 0.123 e. The van der Waals surface area contributed by atoms with Crippen molar-refractivity contribution in [2.24, 2.45) is 5.92 Å². The molecule has 1 aromatic rings. The number of rotatable bonds is 6. The molecular formula is C14H20FNO2. The fraction of sp³-hybridized carbons (Fsp3) is 0.571.